The molecular weight excluding hydrogens is 554 g/mol. The number of rotatable bonds is 5. The van der Waals surface area contributed by atoms with E-state index in [9.17, 15) is 24.5 Å². The second-order valence-corrected chi connectivity index (χ2v) is 11.0. The van der Waals surface area contributed by atoms with E-state index in [1.54, 1.807) is 21.9 Å². The summed E-state index contributed by atoms with van der Waals surface area (Å²) >= 11 is 3.34. The Labute approximate surface area is 229 Å². The second-order valence-electron chi connectivity index (χ2n) is 10.1. The van der Waals surface area contributed by atoms with Gasteiger partial charge >= 0.3 is 0 Å². The maximum atomic E-state index is 13.6. The first kappa shape index (κ1) is 26.1. The van der Waals surface area contributed by atoms with Crippen LogP contribution in [0.3, 0.4) is 0 Å². The van der Waals surface area contributed by atoms with Crippen molar-refractivity contribution in [2.24, 2.45) is 0 Å². The number of carbonyl (C=O) groups is 3. The largest absolute Gasteiger partial charge is 0.374 e. The Morgan fingerprint density at radius 2 is 1.79 bits per heavy atom. The van der Waals surface area contributed by atoms with Gasteiger partial charge in [0.05, 0.1) is 16.4 Å². The lowest BCUT2D eigenvalue weighted by atomic mass is 9.88. The molecule has 0 spiro atoms. The van der Waals surface area contributed by atoms with Crippen molar-refractivity contribution in [3.8, 4) is 0 Å². The fraction of sp³-hybridized carbons (Fsp3) is 0.444. The molecule has 38 heavy (non-hydrogen) atoms. The molecule has 10 nitrogen and oxygen atoms in total. The molecule has 2 aromatic rings. The van der Waals surface area contributed by atoms with Crippen LogP contribution < -0.4 is 10.6 Å². The summed E-state index contributed by atoms with van der Waals surface area (Å²) in [5.41, 5.74) is 1.72. The Bertz CT molecular complexity index is 1280. The molecule has 200 valence electrons. The molecule has 0 radical (unpaired) electrons. The predicted octanol–water partition coefficient (Wildman–Crippen LogP) is 4.51. The van der Waals surface area contributed by atoms with Crippen molar-refractivity contribution in [3.05, 3.63) is 62.1 Å². The first-order valence-corrected chi connectivity index (χ1v) is 13.8. The van der Waals surface area contributed by atoms with Crippen LogP contribution in [0.25, 0.3) is 0 Å². The number of nitro benzene ring substituents is 1. The van der Waals surface area contributed by atoms with Gasteiger partial charge in [0.1, 0.15) is 5.69 Å². The monoisotopic (exact) mass is 583 g/mol. The van der Waals surface area contributed by atoms with Gasteiger partial charge in [-0.15, -0.1) is 0 Å². The fourth-order valence-corrected chi connectivity index (χ4v) is 6.12. The Kier molecular flexibility index (Phi) is 7.64. The first-order valence-electron chi connectivity index (χ1n) is 13.0. The number of benzene rings is 2. The van der Waals surface area contributed by atoms with Gasteiger partial charge in [-0.3, -0.25) is 24.5 Å². The molecule has 2 saturated heterocycles. The Hall–Kier alpha value is -3.47. The van der Waals surface area contributed by atoms with Gasteiger partial charge in [0.25, 0.3) is 11.6 Å². The van der Waals surface area contributed by atoms with Crippen LogP contribution >= 0.6 is 15.9 Å². The van der Waals surface area contributed by atoms with E-state index in [0.717, 1.165) is 24.8 Å². The van der Waals surface area contributed by atoms with Crippen LogP contribution in [0.2, 0.25) is 0 Å². The third-order valence-corrected chi connectivity index (χ3v) is 7.99. The van der Waals surface area contributed by atoms with Crippen LogP contribution in [0.5, 0.6) is 0 Å². The Morgan fingerprint density at radius 3 is 2.55 bits per heavy atom. The number of carbonyl (C=O) groups excluding carboxylic acids is 3. The van der Waals surface area contributed by atoms with E-state index in [1.165, 1.54) is 6.07 Å². The molecular formula is C27H30BrN5O5. The summed E-state index contributed by atoms with van der Waals surface area (Å²) in [5, 5.41) is 18.1. The quantitative estimate of drug-likeness (QED) is 0.394. The van der Waals surface area contributed by atoms with Gasteiger partial charge in [-0.25, -0.2) is 0 Å². The first-order chi connectivity index (χ1) is 18.3. The van der Waals surface area contributed by atoms with Crippen molar-refractivity contribution in [2.75, 3.05) is 36.8 Å². The second kappa shape index (κ2) is 11.1. The number of halogens is 1. The summed E-state index contributed by atoms with van der Waals surface area (Å²) in [6.07, 6.45) is 4.35. The molecule has 2 aromatic carbocycles. The molecule has 3 heterocycles. The molecule has 2 atom stereocenters. The maximum Gasteiger partial charge on any atom is 0.294 e. The SMILES string of the molecule is O=C1C[C@@H](C(=O)N2CCC[C@@H](Nc3c(C(=O)N4CCCCC4)cc(Br)cc3[N+](=O)[O-])C2)c2ccccc2N1. The van der Waals surface area contributed by atoms with Crippen LogP contribution in [0.4, 0.5) is 17.1 Å². The summed E-state index contributed by atoms with van der Waals surface area (Å²) in [5.74, 6) is -1.13. The summed E-state index contributed by atoms with van der Waals surface area (Å²) < 4.78 is 0.463. The number of hydrogen-bond donors (Lipinski definition) is 2. The van der Waals surface area contributed by atoms with E-state index in [4.69, 9.17) is 0 Å². The Morgan fingerprint density at radius 1 is 1.05 bits per heavy atom. The van der Waals surface area contributed by atoms with Gasteiger partial charge in [-0.05, 0) is 49.8 Å². The molecule has 2 fully saturated rings. The highest BCUT2D eigenvalue weighted by Crippen LogP contribution is 2.37. The molecule has 0 aliphatic carbocycles. The number of hydrogen-bond acceptors (Lipinski definition) is 6. The van der Waals surface area contributed by atoms with E-state index in [0.29, 0.717) is 49.2 Å². The van der Waals surface area contributed by atoms with Crippen molar-refractivity contribution in [1.29, 1.82) is 0 Å². The highest BCUT2D eigenvalue weighted by Gasteiger charge is 2.36. The molecule has 3 aliphatic heterocycles. The van der Waals surface area contributed by atoms with Crippen LogP contribution in [0, 0.1) is 10.1 Å². The van der Waals surface area contributed by atoms with E-state index >= 15 is 0 Å². The minimum Gasteiger partial charge on any atom is -0.374 e. The Balaban J connectivity index is 1.39. The lowest BCUT2D eigenvalue weighted by molar-refractivity contribution is -0.384. The van der Waals surface area contributed by atoms with Gasteiger partial charge in [0.15, 0.2) is 0 Å². The molecule has 3 amide bonds. The van der Waals surface area contributed by atoms with Crippen molar-refractivity contribution >= 4 is 50.7 Å². The minimum atomic E-state index is -0.572. The van der Waals surface area contributed by atoms with Crippen LogP contribution in [0.1, 0.15) is 60.4 Å². The number of para-hydroxylation sites is 1. The van der Waals surface area contributed by atoms with E-state index in [1.807, 2.05) is 18.2 Å². The zero-order valence-corrected chi connectivity index (χ0v) is 22.5. The zero-order valence-electron chi connectivity index (χ0n) is 21.0. The highest BCUT2D eigenvalue weighted by atomic mass is 79.9. The van der Waals surface area contributed by atoms with Crippen molar-refractivity contribution in [3.63, 3.8) is 0 Å². The molecule has 0 aromatic heterocycles. The smallest absolute Gasteiger partial charge is 0.294 e. The number of amides is 3. The van der Waals surface area contributed by atoms with E-state index in [2.05, 4.69) is 26.6 Å². The van der Waals surface area contributed by atoms with Gasteiger partial charge in [0, 0.05) is 54.9 Å². The lowest BCUT2D eigenvalue weighted by Crippen LogP contribution is -2.48. The minimum absolute atomic E-state index is 0.0805. The summed E-state index contributed by atoms with van der Waals surface area (Å²) in [7, 11) is 0. The third-order valence-electron chi connectivity index (χ3n) is 7.53. The van der Waals surface area contributed by atoms with Crippen LogP contribution in [-0.4, -0.2) is 64.7 Å². The average molecular weight is 584 g/mol. The van der Waals surface area contributed by atoms with E-state index in [-0.39, 0.29) is 47.1 Å². The van der Waals surface area contributed by atoms with Gasteiger partial charge in [0.2, 0.25) is 11.8 Å². The highest BCUT2D eigenvalue weighted by molar-refractivity contribution is 9.10. The predicted molar refractivity (Wildman–Crippen MR) is 146 cm³/mol. The number of fused-ring (bicyclic) bond motifs is 1. The maximum absolute atomic E-state index is 13.6. The molecule has 2 N–H and O–H groups in total. The molecule has 5 rings (SSSR count). The number of nitrogens with zero attached hydrogens (tertiary/aromatic N) is 3. The zero-order chi connectivity index (χ0) is 26.8. The molecule has 11 heteroatoms. The molecule has 0 bridgehead atoms. The molecule has 3 aliphatic rings. The van der Waals surface area contributed by atoms with Crippen molar-refractivity contribution in [2.45, 2.75) is 50.5 Å². The lowest BCUT2D eigenvalue weighted by Gasteiger charge is -2.37. The number of piperidine rings is 2. The number of anilines is 2. The molecule has 0 unspecified atom stereocenters. The molecule has 0 saturated carbocycles. The number of nitrogens with one attached hydrogen (secondary N) is 2. The topological polar surface area (TPSA) is 125 Å². The van der Waals surface area contributed by atoms with Crippen LogP contribution in [-0.2, 0) is 9.59 Å². The van der Waals surface area contributed by atoms with Gasteiger partial charge < -0.3 is 20.4 Å². The normalized spacial score (nSPS) is 21.3. The standard InChI is InChI=1S/C27H30BrN5O5/c28-17-13-21(27(36)31-10-4-1-5-11-31)25(23(14-17)33(37)38)29-18-7-6-12-32(16-18)26(35)20-15-24(34)30-22-9-3-2-8-19(20)22/h2-3,8-9,13-14,18,20,29H,1,4-7,10-12,15-16H2,(H,30,34)/t18-,20-/m1/s1. The van der Waals surface area contributed by atoms with Gasteiger partial charge in [-0.1, -0.05) is 34.1 Å². The number of nitro groups is 1. The summed E-state index contributed by atoms with van der Waals surface area (Å²) in [4.78, 5) is 54.4. The van der Waals surface area contributed by atoms with Crippen molar-refractivity contribution < 1.29 is 19.3 Å². The summed E-state index contributed by atoms with van der Waals surface area (Å²) in [6, 6.07) is 10.1. The third kappa shape index (κ3) is 5.38. The summed E-state index contributed by atoms with van der Waals surface area (Å²) in [6.45, 7) is 2.12. The van der Waals surface area contributed by atoms with Gasteiger partial charge in [-0.2, -0.15) is 0 Å². The fourth-order valence-electron chi connectivity index (χ4n) is 5.68. The average Bonchev–Trinajstić information content (AvgIpc) is 2.93. The van der Waals surface area contributed by atoms with Crippen molar-refractivity contribution in [1.82, 2.24) is 9.80 Å². The van der Waals surface area contributed by atoms with Crippen LogP contribution in [0.15, 0.2) is 40.9 Å². The number of likely N-dealkylation sites (tertiary alicyclic amines) is 2. The van der Waals surface area contributed by atoms with E-state index < -0.39 is 10.8 Å².